The molecule has 0 aliphatic carbocycles. The first-order valence-corrected chi connectivity index (χ1v) is 5.70. The number of oxazole rings is 1. The van der Waals surface area contributed by atoms with Gasteiger partial charge in [0, 0.05) is 12.0 Å². The summed E-state index contributed by atoms with van der Waals surface area (Å²) in [5.74, 6) is 0.0974. The Bertz CT molecular complexity index is 592. The summed E-state index contributed by atoms with van der Waals surface area (Å²) >= 11 is 0. The van der Waals surface area contributed by atoms with E-state index in [1.165, 1.54) is 13.4 Å². The molecule has 1 aromatic carbocycles. The molecule has 19 heavy (non-hydrogen) atoms. The molecule has 0 radical (unpaired) electrons. The number of nitrogens with two attached hydrogens (primary N) is 1. The number of hydrogen-bond acceptors (Lipinski definition) is 5. The lowest BCUT2D eigenvalue weighted by molar-refractivity contribution is -0.136. The van der Waals surface area contributed by atoms with E-state index in [0.717, 1.165) is 5.56 Å². The van der Waals surface area contributed by atoms with Crippen LogP contribution in [0, 0.1) is 0 Å². The average molecular weight is 262 g/mol. The zero-order valence-corrected chi connectivity index (χ0v) is 10.4. The fourth-order valence-electron chi connectivity index (χ4n) is 1.63. The van der Waals surface area contributed by atoms with Crippen molar-refractivity contribution < 1.29 is 19.1 Å². The van der Waals surface area contributed by atoms with Crippen molar-refractivity contribution in [2.24, 2.45) is 0 Å². The molecule has 0 aliphatic rings. The van der Waals surface area contributed by atoms with E-state index in [2.05, 4.69) is 4.98 Å². The predicted octanol–water partition coefficient (Wildman–Crippen LogP) is 1.95. The smallest absolute Gasteiger partial charge is 0.303 e. The Morgan fingerprint density at radius 3 is 3.00 bits per heavy atom. The van der Waals surface area contributed by atoms with E-state index >= 15 is 0 Å². The number of ether oxygens (including phenoxy) is 1. The molecule has 6 heteroatoms. The third kappa shape index (κ3) is 3.04. The first-order valence-electron chi connectivity index (χ1n) is 5.70. The van der Waals surface area contributed by atoms with E-state index < -0.39 is 5.97 Å². The topological polar surface area (TPSA) is 98.6 Å². The summed E-state index contributed by atoms with van der Waals surface area (Å²) in [5, 5.41) is 8.61. The van der Waals surface area contributed by atoms with Crippen LogP contribution in [0.5, 0.6) is 5.75 Å². The number of hydrogen-bond donors (Lipinski definition) is 2. The highest BCUT2D eigenvalue weighted by Gasteiger charge is 2.10. The summed E-state index contributed by atoms with van der Waals surface area (Å²) in [6.45, 7) is 0. The van der Waals surface area contributed by atoms with Crippen LogP contribution in [-0.2, 0) is 11.2 Å². The fourth-order valence-corrected chi connectivity index (χ4v) is 1.63. The maximum Gasteiger partial charge on any atom is 0.303 e. The van der Waals surface area contributed by atoms with Crippen LogP contribution >= 0.6 is 0 Å². The maximum absolute atomic E-state index is 10.5. The van der Waals surface area contributed by atoms with Gasteiger partial charge in [0.05, 0.1) is 24.9 Å². The first-order chi connectivity index (χ1) is 9.10. The van der Waals surface area contributed by atoms with E-state index in [1.807, 2.05) is 0 Å². The van der Waals surface area contributed by atoms with Gasteiger partial charge in [0.15, 0.2) is 0 Å². The van der Waals surface area contributed by atoms with Gasteiger partial charge in [0.1, 0.15) is 12.0 Å². The monoisotopic (exact) mass is 262 g/mol. The first kappa shape index (κ1) is 12.9. The van der Waals surface area contributed by atoms with Gasteiger partial charge in [-0.05, 0) is 18.2 Å². The van der Waals surface area contributed by atoms with Gasteiger partial charge in [-0.25, -0.2) is 4.98 Å². The van der Waals surface area contributed by atoms with E-state index in [-0.39, 0.29) is 6.42 Å². The van der Waals surface area contributed by atoms with Gasteiger partial charge in [-0.1, -0.05) is 0 Å². The summed E-state index contributed by atoms with van der Waals surface area (Å²) < 4.78 is 10.4. The molecule has 0 bridgehead atoms. The number of aryl methyl sites for hydroxylation is 1. The van der Waals surface area contributed by atoms with Crippen molar-refractivity contribution in [2.75, 3.05) is 12.8 Å². The van der Waals surface area contributed by atoms with Crippen LogP contribution in [0.2, 0.25) is 0 Å². The van der Waals surface area contributed by atoms with Crippen molar-refractivity contribution in [1.82, 2.24) is 4.98 Å². The molecule has 2 aromatic rings. The van der Waals surface area contributed by atoms with Crippen molar-refractivity contribution in [1.29, 1.82) is 0 Å². The Kier molecular flexibility index (Phi) is 3.70. The van der Waals surface area contributed by atoms with Crippen molar-refractivity contribution in [2.45, 2.75) is 12.8 Å². The van der Waals surface area contributed by atoms with Crippen molar-refractivity contribution in [3.05, 3.63) is 30.2 Å². The SMILES string of the molecule is COc1cc(-c2nc(CCC(=O)O)co2)ccc1N. The molecule has 0 unspecified atom stereocenters. The molecule has 1 aromatic heterocycles. The van der Waals surface area contributed by atoms with Gasteiger partial charge < -0.3 is 20.0 Å². The van der Waals surface area contributed by atoms with Crippen LogP contribution < -0.4 is 10.5 Å². The number of rotatable bonds is 5. The highest BCUT2D eigenvalue weighted by atomic mass is 16.5. The number of carbonyl (C=O) groups is 1. The second-order valence-electron chi connectivity index (χ2n) is 3.99. The molecular formula is C13H14N2O4. The number of carboxylic acid groups (broad SMARTS) is 1. The second-order valence-corrected chi connectivity index (χ2v) is 3.99. The zero-order chi connectivity index (χ0) is 13.8. The van der Waals surface area contributed by atoms with Gasteiger partial charge in [-0.3, -0.25) is 4.79 Å². The molecule has 0 fully saturated rings. The number of aromatic nitrogens is 1. The summed E-state index contributed by atoms with van der Waals surface area (Å²) in [4.78, 5) is 14.7. The number of carboxylic acids is 1. The van der Waals surface area contributed by atoms with Gasteiger partial charge in [0.2, 0.25) is 5.89 Å². The summed E-state index contributed by atoms with van der Waals surface area (Å²) in [6.07, 6.45) is 1.82. The quantitative estimate of drug-likeness (QED) is 0.799. The van der Waals surface area contributed by atoms with E-state index in [0.29, 0.717) is 29.4 Å². The van der Waals surface area contributed by atoms with Crippen LogP contribution in [0.3, 0.4) is 0 Å². The van der Waals surface area contributed by atoms with E-state index in [1.54, 1.807) is 18.2 Å². The third-order valence-corrected chi connectivity index (χ3v) is 2.63. The standard InChI is InChI=1S/C13H14N2O4/c1-18-11-6-8(2-4-10(11)14)13-15-9(7-19-13)3-5-12(16)17/h2,4,6-7H,3,5,14H2,1H3,(H,16,17). The molecule has 1 heterocycles. The highest BCUT2D eigenvalue weighted by molar-refractivity contribution is 5.67. The molecule has 0 amide bonds. The minimum atomic E-state index is -0.862. The largest absolute Gasteiger partial charge is 0.495 e. The summed E-state index contributed by atoms with van der Waals surface area (Å²) in [7, 11) is 1.53. The van der Waals surface area contributed by atoms with Crippen LogP contribution in [0.1, 0.15) is 12.1 Å². The van der Waals surface area contributed by atoms with Crippen LogP contribution in [0.25, 0.3) is 11.5 Å². The van der Waals surface area contributed by atoms with Gasteiger partial charge in [-0.15, -0.1) is 0 Å². The number of benzene rings is 1. The Hall–Kier alpha value is -2.50. The maximum atomic E-state index is 10.5. The highest BCUT2D eigenvalue weighted by Crippen LogP contribution is 2.28. The normalized spacial score (nSPS) is 10.4. The molecule has 2 rings (SSSR count). The lowest BCUT2D eigenvalue weighted by Gasteiger charge is -2.04. The molecule has 0 spiro atoms. The number of aliphatic carboxylic acids is 1. The predicted molar refractivity (Wildman–Crippen MR) is 68.9 cm³/mol. The van der Waals surface area contributed by atoms with Gasteiger partial charge in [-0.2, -0.15) is 0 Å². The number of methoxy groups -OCH3 is 1. The van der Waals surface area contributed by atoms with Crippen molar-refractivity contribution in [3.8, 4) is 17.2 Å². The van der Waals surface area contributed by atoms with Gasteiger partial charge in [0.25, 0.3) is 0 Å². The molecular weight excluding hydrogens is 248 g/mol. The lowest BCUT2D eigenvalue weighted by atomic mass is 10.2. The molecule has 0 saturated heterocycles. The van der Waals surface area contributed by atoms with Crippen molar-refractivity contribution in [3.63, 3.8) is 0 Å². The summed E-state index contributed by atoms with van der Waals surface area (Å²) in [6, 6.07) is 5.20. The van der Waals surface area contributed by atoms with Crippen LogP contribution in [-0.4, -0.2) is 23.2 Å². The molecule has 0 saturated carbocycles. The Morgan fingerprint density at radius 1 is 1.53 bits per heavy atom. The number of nitrogen functional groups attached to an aromatic ring is 1. The Balaban J connectivity index is 2.20. The molecule has 100 valence electrons. The molecule has 3 N–H and O–H groups in total. The minimum Gasteiger partial charge on any atom is -0.495 e. The van der Waals surface area contributed by atoms with Gasteiger partial charge >= 0.3 is 5.97 Å². The van der Waals surface area contributed by atoms with E-state index in [4.69, 9.17) is 20.0 Å². The molecule has 6 nitrogen and oxygen atoms in total. The van der Waals surface area contributed by atoms with E-state index in [9.17, 15) is 4.79 Å². The Labute approximate surface area is 109 Å². The zero-order valence-electron chi connectivity index (χ0n) is 10.4. The van der Waals surface area contributed by atoms with Crippen LogP contribution in [0.4, 0.5) is 5.69 Å². The minimum absolute atomic E-state index is 0.0248. The number of anilines is 1. The second kappa shape index (κ2) is 5.43. The Morgan fingerprint density at radius 2 is 2.32 bits per heavy atom. The summed E-state index contributed by atoms with van der Waals surface area (Å²) in [5.41, 5.74) is 7.59. The number of nitrogens with zero attached hydrogens (tertiary/aromatic N) is 1. The molecule has 0 aliphatic heterocycles. The average Bonchev–Trinajstić information content (AvgIpc) is 2.86. The fraction of sp³-hybridized carbons (Fsp3) is 0.231. The third-order valence-electron chi connectivity index (χ3n) is 2.63. The lowest BCUT2D eigenvalue weighted by Crippen LogP contribution is -1.97. The van der Waals surface area contributed by atoms with Crippen LogP contribution in [0.15, 0.2) is 28.9 Å². The molecule has 0 atom stereocenters. The van der Waals surface area contributed by atoms with Crippen molar-refractivity contribution >= 4 is 11.7 Å².